The molecule has 1 aromatic rings. The van der Waals surface area contributed by atoms with Crippen molar-refractivity contribution in [2.24, 2.45) is 7.05 Å². The van der Waals surface area contributed by atoms with Crippen LogP contribution in [0, 0.1) is 6.92 Å². The molecule has 2 saturated heterocycles. The number of rotatable bonds is 2. The third-order valence-corrected chi connectivity index (χ3v) is 6.67. The second kappa shape index (κ2) is 5.70. The van der Waals surface area contributed by atoms with E-state index in [2.05, 4.69) is 4.90 Å². The fourth-order valence-electron chi connectivity index (χ4n) is 3.34. The molecule has 1 atom stereocenters. The van der Waals surface area contributed by atoms with Gasteiger partial charge in [0.05, 0.1) is 11.5 Å². The van der Waals surface area contributed by atoms with E-state index in [1.807, 2.05) is 35.6 Å². The SMILES string of the molecule is Cc1ccc(C(=O)N2CCN([C@@H]3CCS(=O)(=O)C3)CC2)n1C. The van der Waals surface area contributed by atoms with Crippen LogP contribution in [0.1, 0.15) is 22.6 Å². The Bertz CT molecular complexity index is 672. The summed E-state index contributed by atoms with van der Waals surface area (Å²) in [6, 6.07) is 3.96. The predicted octanol–water partition coefficient (Wildman–Crippen LogP) is 0.278. The van der Waals surface area contributed by atoms with Gasteiger partial charge in [0.15, 0.2) is 9.84 Å². The van der Waals surface area contributed by atoms with Crippen molar-refractivity contribution in [1.29, 1.82) is 0 Å². The summed E-state index contributed by atoms with van der Waals surface area (Å²) in [5.41, 5.74) is 1.78. The molecule has 22 heavy (non-hydrogen) atoms. The van der Waals surface area contributed by atoms with Gasteiger partial charge in [-0.3, -0.25) is 9.69 Å². The van der Waals surface area contributed by atoms with Gasteiger partial charge >= 0.3 is 0 Å². The molecule has 0 saturated carbocycles. The van der Waals surface area contributed by atoms with Gasteiger partial charge in [0.25, 0.3) is 5.91 Å². The first-order valence-electron chi connectivity index (χ1n) is 7.73. The van der Waals surface area contributed by atoms with Gasteiger partial charge in [-0.25, -0.2) is 8.42 Å². The highest BCUT2D eigenvalue weighted by atomic mass is 32.2. The van der Waals surface area contributed by atoms with E-state index in [-0.39, 0.29) is 17.7 Å². The average Bonchev–Trinajstić information content (AvgIpc) is 3.02. The van der Waals surface area contributed by atoms with E-state index >= 15 is 0 Å². The lowest BCUT2D eigenvalue weighted by Crippen LogP contribution is -2.52. The second-order valence-electron chi connectivity index (χ2n) is 6.30. The Balaban J connectivity index is 1.60. The lowest BCUT2D eigenvalue weighted by molar-refractivity contribution is 0.0578. The van der Waals surface area contributed by atoms with Gasteiger partial charge in [0.2, 0.25) is 0 Å². The number of aryl methyl sites for hydroxylation is 1. The summed E-state index contributed by atoms with van der Waals surface area (Å²) in [5.74, 6) is 0.645. The van der Waals surface area contributed by atoms with Gasteiger partial charge in [0, 0.05) is 45.0 Å². The van der Waals surface area contributed by atoms with Crippen molar-refractivity contribution in [2.75, 3.05) is 37.7 Å². The molecule has 0 unspecified atom stereocenters. The van der Waals surface area contributed by atoms with Crippen molar-refractivity contribution in [2.45, 2.75) is 19.4 Å². The fourth-order valence-corrected chi connectivity index (χ4v) is 5.11. The molecular formula is C15H23N3O3S. The summed E-state index contributed by atoms with van der Waals surface area (Å²) in [7, 11) is -0.941. The minimum atomic E-state index is -2.85. The predicted molar refractivity (Wildman–Crippen MR) is 84.7 cm³/mol. The van der Waals surface area contributed by atoms with E-state index in [1.54, 1.807) is 0 Å². The van der Waals surface area contributed by atoms with Crippen LogP contribution in [-0.4, -0.2) is 72.4 Å². The zero-order chi connectivity index (χ0) is 15.9. The molecule has 0 N–H and O–H groups in total. The Hall–Kier alpha value is -1.34. The zero-order valence-electron chi connectivity index (χ0n) is 13.2. The Morgan fingerprint density at radius 2 is 1.86 bits per heavy atom. The van der Waals surface area contributed by atoms with Crippen LogP contribution in [0.5, 0.6) is 0 Å². The molecule has 1 amide bonds. The summed E-state index contributed by atoms with van der Waals surface area (Å²) in [6.45, 7) is 4.83. The van der Waals surface area contributed by atoms with Crippen molar-refractivity contribution < 1.29 is 13.2 Å². The fraction of sp³-hybridized carbons (Fsp3) is 0.667. The zero-order valence-corrected chi connectivity index (χ0v) is 14.0. The molecule has 2 fully saturated rings. The maximum absolute atomic E-state index is 12.6. The standard InChI is InChI=1S/C15H23N3O3S/c1-12-3-4-14(16(12)2)15(19)18-8-6-17(7-9-18)13-5-10-22(20,21)11-13/h3-4,13H,5-11H2,1-2H3/t13-/m1/s1. The lowest BCUT2D eigenvalue weighted by Gasteiger charge is -2.37. The van der Waals surface area contributed by atoms with Crippen molar-refractivity contribution in [1.82, 2.24) is 14.4 Å². The topological polar surface area (TPSA) is 62.6 Å². The van der Waals surface area contributed by atoms with E-state index < -0.39 is 9.84 Å². The number of aromatic nitrogens is 1. The third kappa shape index (κ3) is 2.92. The highest BCUT2D eigenvalue weighted by molar-refractivity contribution is 7.91. The van der Waals surface area contributed by atoms with Crippen molar-refractivity contribution in [3.05, 3.63) is 23.5 Å². The second-order valence-corrected chi connectivity index (χ2v) is 8.53. The minimum Gasteiger partial charge on any atom is -0.344 e. The molecule has 0 aliphatic carbocycles. The van der Waals surface area contributed by atoms with Gasteiger partial charge in [-0.15, -0.1) is 0 Å². The highest BCUT2D eigenvalue weighted by Crippen LogP contribution is 2.20. The summed E-state index contributed by atoms with van der Waals surface area (Å²) in [4.78, 5) is 16.7. The quantitative estimate of drug-likeness (QED) is 0.783. The minimum absolute atomic E-state index is 0.0642. The highest BCUT2D eigenvalue weighted by Gasteiger charge is 2.34. The number of sulfone groups is 1. The average molecular weight is 325 g/mol. The summed E-state index contributed by atoms with van der Waals surface area (Å²) < 4.78 is 25.1. The maximum atomic E-state index is 12.6. The van der Waals surface area contributed by atoms with Crippen LogP contribution in [0.2, 0.25) is 0 Å². The number of carbonyl (C=O) groups excluding carboxylic acids is 1. The van der Waals surface area contributed by atoms with E-state index in [9.17, 15) is 13.2 Å². The van der Waals surface area contributed by atoms with Crippen molar-refractivity contribution in [3.63, 3.8) is 0 Å². The third-order valence-electron chi connectivity index (χ3n) is 4.92. The normalized spacial score (nSPS) is 25.5. The number of piperazine rings is 1. The number of hydrogen-bond acceptors (Lipinski definition) is 4. The molecule has 0 spiro atoms. The van der Waals surface area contributed by atoms with E-state index in [0.717, 1.165) is 30.9 Å². The lowest BCUT2D eigenvalue weighted by atomic mass is 10.2. The van der Waals surface area contributed by atoms with Gasteiger partial charge in [0.1, 0.15) is 5.69 Å². The van der Waals surface area contributed by atoms with Crippen molar-refractivity contribution in [3.8, 4) is 0 Å². The van der Waals surface area contributed by atoms with Gasteiger partial charge in [-0.05, 0) is 25.5 Å². The first-order valence-corrected chi connectivity index (χ1v) is 9.55. The molecular weight excluding hydrogens is 302 g/mol. The summed E-state index contributed by atoms with van der Waals surface area (Å²) >= 11 is 0. The van der Waals surface area contributed by atoms with Crippen LogP contribution in [-0.2, 0) is 16.9 Å². The Morgan fingerprint density at radius 1 is 1.18 bits per heavy atom. The van der Waals surface area contributed by atoms with Gasteiger partial charge in [-0.2, -0.15) is 0 Å². The maximum Gasteiger partial charge on any atom is 0.270 e. The smallest absolute Gasteiger partial charge is 0.270 e. The molecule has 0 radical (unpaired) electrons. The Kier molecular flexibility index (Phi) is 4.03. The van der Waals surface area contributed by atoms with Crippen molar-refractivity contribution >= 4 is 15.7 Å². The molecule has 6 nitrogen and oxygen atoms in total. The van der Waals surface area contributed by atoms with Crippen LogP contribution < -0.4 is 0 Å². The summed E-state index contributed by atoms with van der Waals surface area (Å²) in [6.07, 6.45) is 0.729. The number of carbonyl (C=O) groups is 1. The first kappa shape index (κ1) is 15.6. The molecule has 2 aliphatic heterocycles. The Labute approximate surface area is 131 Å². The van der Waals surface area contributed by atoms with Crippen LogP contribution >= 0.6 is 0 Å². The van der Waals surface area contributed by atoms with E-state index in [0.29, 0.717) is 18.8 Å². The molecule has 3 heterocycles. The molecule has 7 heteroatoms. The number of nitrogens with zero attached hydrogens (tertiary/aromatic N) is 3. The number of hydrogen-bond donors (Lipinski definition) is 0. The van der Waals surface area contributed by atoms with Gasteiger partial charge in [-0.1, -0.05) is 0 Å². The first-order chi connectivity index (χ1) is 10.4. The Morgan fingerprint density at radius 3 is 2.36 bits per heavy atom. The van der Waals surface area contributed by atoms with E-state index in [1.165, 1.54) is 0 Å². The van der Waals surface area contributed by atoms with Crippen LogP contribution in [0.25, 0.3) is 0 Å². The van der Waals surface area contributed by atoms with Gasteiger partial charge < -0.3 is 9.47 Å². The summed E-state index contributed by atoms with van der Waals surface area (Å²) in [5, 5.41) is 0. The molecule has 122 valence electrons. The number of amides is 1. The molecule has 2 aliphatic rings. The molecule has 1 aromatic heterocycles. The van der Waals surface area contributed by atoms with E-state index in [4.69, 9.17) is 0 Å². The largest absolute Gasteiger partial charge is 0.344 e. The monoisotopic (exact) mass is 325 g/mol. The van der Waals surface area contributed by atoms with Crippen LogP contribution in [0.15, 0.2) is 12.1 Å². The molecule has 0 bridgehead atoms. The van der Waals surface area contributed by atoms with Crippen LogP contribution in [0.4, 0.5) is 0 Å². The molecule has 3 rings (SSSR count). The molecule has 0 aromatic carbocycles. The van der Waals surface area contributed by atoms with Crippen LogP contribution in [0.3, 0.4) is 0 Å².